The van der Waals surface area contributed by atoms with Gasteiger partial charge in [-0.15, -0.1) is 0 Å². The number of ether oxygens (including phenoxy) is 1. The maximum absolute atomic E-state index is 13.2. The number of nitrogens with one attached hydrogen (secondary N) is 2. The smallest absolute Gasteiger partial charge is 0.329 e. The molecule has 8 nitrogen and oxygen atoms in total. The van der Waals surface area contributed by atoms with Gasteiger partial charge < -0.3 is 9.64 Å². The molecule has 1 aromatic rings. The second-order valence-electron chi connectivity index (χ2n) is 7.32. The number of nitrogens with zero attached hydrogens (tertiary/aromatic N) is 2. The first-order chi connectivity index (χ1) is 13.1. The Kier molecular flexibility index (Phi) is 4.84. The third-order valence-corrected chi connectivity index (χ3v) is 5.54. The van der Waals surface area contributed by atoms with Crippen LogP contribution in [0.25, 0.3) is 0 Å². The molecule has 0 radical (unpaired) electrons. The van der Waals surface area contributed by atoms with Gasteiger partial charge >= 0.3 is 6.03 Å². The van der Waals surface area contributed by atoms with E-state index in [9.17, 15) is 14.4 Å². The molecule has 3 heterocycles. The number of benzene rings is 1. The van der Waals surface area contributed by atoms with Gasteiger partial charge in [-0.25, -0.2) is 4.79 Å². The predicted molar refractivity (Wildman–Crippen MR) is 97.8 cm³/mol. The van der Waals surface area contributed by atoms with Crippen molar-refractivity contribution in [3.05, 3.63) is 30.3 Å². The molecule has 3 fully saturated rings. The molecular weight excluding hydrogens is 348 g/mol. The fourth-order valence-electron chi connectivity index (χ4n) is 4.29. The number of rotatable bonds is 2. The highest BCUT2D eigenvalue weighted by atomic mass is 16.5. The summed E-state index contributed by atoms with van der Waals surface area (Å²) in [4.78, 5) is 41.8. The van der Waals surface area contributed by atoms with Gasteiger partial charge in [0.2, 0.25) is 11.8 Å². The molecule has 4 amide bonds. The Balaban J connectivity index is 1.66. The summed E-state index contributed by atoms with van der Waals surface area (Å²) < 4.78 is 5.34. The fraction of sp³-hybridized carbons (Fsp3) is 0.526. The molecule has 27 heavy (non-hydrogen) atoms. The lowest BCUT2D eigenvalue weighted by Gasteiger charge is -2.48. The summed E-state index contributed by atoms with van der Waals surface area (Å²) in [6.07, 6.45) is 0.00843. The number of morpholine rings is 1. The van der Waals surface area contributed by atoms with Crippen LogP contribution in [-0.4, -0.2) is 61.3 Å². The Hall–Kier alpha value is -2.45. The SMILES string of the molecule is CC1CC(C(=O)N2CCOCC2)C2C(=O)NC(=O)N(c3ccccc3)C2N1. The van der Waals surface area contributed by atoms with Crippen molar-refractivity contribution in [2.24, 2.45) is 11.8 Å². The van der Waals surface area contributed by atoms with E-state index in [1.54, 1.807) is 9.80 Å². The Morgan fingerprint density at radius 3 is 2.56 bits per heavy atom. The lowest BCUT2D eigenvalue weighted by molar-refractivity contribution is -0.148. The Bertz CT molecular complexity index is 734. The number of imide groups is 1. The zero-order valence-electron chi connectivity index (χ0n) is 15.3. The van der Waals surface area contributed by atoms with Crippen LogP contribution in [0.15, 0.2) is 30.3 Å². The van der Waals surface area contributed by atoms with E-state index in [1.807, 2.05) is 37.3 Å². The average Bonchev–Trinajstić information content (AvgIpc) is 2.68. The molecule has 0 spiro atoms. The molecule has 8 heteroatoms. The number of hydrogen-bond acceptors (Lipinski definition) is 5. The summed E-state index contributed by atoms with van der Waals surface area (Å²) in [6.45, 7) is 4.09. The summed E-state index contributed by atoms with van der Waals surface area (Å²) in [5.74, 6) is -1.51. The van der Waals surface area contributed by atoms with Crippen molar-refractivity contribution in [2.75, 3.05) is 31.2 Å². The molecule has 4 unspecified atom stereocenters. The second-order valence-corrected chi connectivity index (χ2v) is 7.32. The highest BCUT2D eigenvalue weighted by Gasteiger charge is 2.52. The Morgan fingerprint density at radius 2 is 1.85 bits per heavy atom. The maximum Gasteiger partial charge on any atom is 0.329 e. The number of urea groups is 1. The molecule has 0 saturated carbocycles. The minimum Gasteiger partial charge on any atom is -0.378 e. The lowest BCUT2D eigenvalue weighted by atomic mass is 9.78. The van der Waals surface area contributed by atoms with Crippen molar-refractivity contribution in [2.45, 2.75) is 25.6 Å². The van der Waals surface area contributed by atoms with Gasteiger partial charge in [-0.05, 0) is 25.5 Å². The first-order valence-electron chi connectivity index (χ1n) is 9.38. The number of anilines is 1. The van der Waals surface area contributed by atoms with Crippen molar-refractivity contribution in [3.8, 4) is 0 Å². The summed E-state index contributed by atoms with van der Waals surface area (Å²) in [6, 6.07) is 8.75. The minimum absolute atomic E-state index is 0.00570. The third kappa shape index (κ3) is 3.30. The molecular formula is C19H24N4O4. The van der Waals surface area contributed by atoms with E-state index < -0.39 is 24.0 Å². The highest BCUT2D eigenvalue weighted by Crippen LogP contribution is 2.35. The van der Waals surface area contributed by atoms with Gasteiger partial charge in [-0.3, -0.25) is 25.1 Å². The zero-order chi connectivity index (χ0) is 19.0. The van der Waals surface area contributed by atoms with Crippen LogP contribution in [0.1, 0.15) is 13.3 Å². The molecule has 1 aromatic carbocycles. The van der Waals surface area contributed by atoms with Crippen molar-refractivity contribution in [1.82, 2.24) is 15.5 Å². The van der Waals surface area contributed by atoms with Crippen molar-refractivity contribution in [1.29, 1.82) is 0 Å². The molecule has 3 aliphatic rings. The van der Waals surface area contributed by atoms with E-state index in [1.165, 1.54) is 0 Å². The van der Waals surface area contributed by atoms with Crippen LogP contribution in [0, 0.1) is 11.8 Å². The van der Waals surface area contributed by atoms with E-state index in [0.29, 0.717) is 38.4 Å². The molecule has 3 aliphatic heterocycles. The zero-order valence-corrected chi connectivity index (χ0v) is 15.3. The fourth-order valence-corrected chi connectivity index (χ4v) is 4.29. The molecule has 2 N–H and O–H groups in total. The largest absolute Gasteiger partial charge is 0.378 e. The molecule has 0 aromatic heterocycles. The van der Waals surface area contributed by atoms with Gasteiger partial charge in [-0.1, -0.05) is 18.2 Å². The number of fused-ring (bicyclic) bond motifs is 1. The van der Waals surface area contributed by atoms with Gasteiger partial charge in [-0.2, -0.15) is 0 Å². The van der Waals surface area contributed by atoms with Crippen LogP contribution >= 0.6 is 0 Å². The Morgan fingerprint density at radius 1 is 1.15 bits per heavy atom. The van der Waals surface area contributed by atoms with Gasteiger partial charge in [0, 0.05) is 24.8 Å². The maximum atomic E-state index is 13.2. The van der Waals surface area contributed by atoms with E-state index in [4.69, 9.17) is 4.74 Å². The van der Waals surface area contributed by atoms with E-state index >= 15 is 0 Å². The first kappa shape index (κ1) is 17.9. The van der Waals surface area contributed by atoms with Crippen molar-refractivity contribution in [3.63, 3.8) is 0 Å². The van der Waals surface area contributed by atoms with E-state index in [-0.39, 0.29) is 17.9 Å². The Labute approximate surface area is 157 Å². The summed E-state index contributed by atoms with van der Waals surface area (Å²) in [5, 5.41) is 5.81. The number of piperidine rings is 1. The minimum atomic E-state index is -0.630. The molecule has 3 saturated heterocycles. The van der Waals surface area contributed by atoms with Gasteiger partial charge in [0.1, 0.15) is 6.17 Å². The third-order valence-electron chi connectivity index (χ3n) is 5.54. The average molecular weight is 372 g/mol. The number of carbonyl (C=O) groups excluding carboxylic acids is 3. The van der Waals surface area contributed by atoms with Gasteiger partial charge in [0.05, 0.1) is 25.0 Å². The molecule has 0 bridgehead atoms. The van der Waals surface area contributed by atoms with Crippen LogP contribution < -0.4 is 15.5 Å². The quantitative estimate of drug-likeness (QED) is 0.791. The van der Waals surface area contributed by atoms with Gasteiger partial charge in [0.15, 0.2) is 0 Å². The predicted octanol–water partition coefficient (Wildman–Crippen LogP) is 0.542. The molecule has 4 atom stereocenters. The summed E-state index contributed by atoms with van der Waals surface area (Å²) in [7, 11) is 0. The number of hydrogen-bond donors (Lipinski definition) is 2. The standard InChI is InChI=1S/C19H24N4O4/c1-12-11-14(18(25)22-7-9-27-10-8-22)15-16(20-12)23(19(26)21-17(15)24)13-5-3-2-4-6-13/h2-6,12,14-16,20H,7-11H2,1H3,(H,21,24,26). The first-order valence-corrected chi connectivity index (χ1v) is 9.38. The van der Waals surface area contributed by atoms with Crippen molar-refractivity contribution < 1.29 is 19.1 Å². The van der Waals surface area contributed by atoms with Crippen LogP contribution in [0.4, 0.5) is 10.5 Å². The molecule has 4 rings (SSSR count). The number of carbonyl (C=O) groups is 3. The van der Waals surface area contributed by atoms with Gasteiger partial charge in [0.25, 0.3) is 0 Å². The van der Waals surface area contributed by atoms with Crippen LogP contribution in [0.5, 0.6) is 0 Å². The second kappa shape index (κ2) is 7.28. The normalized spacial score (nSPS) is 31.3. The van der Waals surface area contributed by atoms with E-state index in [2.05, 4.69) is 10.6 Å². The van der Waals surface area contributed by atoms with Crippen LogP contribution in [0.3, 0.4) is 0 Å². The summed E-state index contributed by atoms with van der Waals surface area (Å²) >= 11 is 0. The van der Waals surface area contributed by atoms with E-state index in [0.717, 1.165) is 0 Å². The molecule has 144 valence electrons. The number of para-hydroxylation sites is 1. The van der Waals surface area contributed by atoms with Crippen LogP contribution in [-0.2, 0) is 14.3 Å². The topological polar surface area (TPSA) is 91.0 Å². The van der Waals surface area contributed by atoms with Crippen molar-refractivity contribution >= 4 is 23.5 Å². The number of amides is 4. The molecule has 0 aliphatic carbocycles. The lowest BCUT2D eigenvalue weighted by Crippen LogP contribution is -2.71. The summed E-state index contributed by atoms with van der Waals surface area (Å²) in [5.41, 5.74) is 0.691. The highest BCUT2D eigenvalue weighted by molar-refractivity contribution is 6.08. The van der Waals surface area contributed by atoms with Crippen LogP contribution in [0.2, 0.25) is 0 Å². The monoisotopic (exact) mass is 372 g/mol.